The van der Waals surface area contributed by atoms with E-state index in [2.05, 4.69) is 0 Å². The molecule has 0 saturated heterocycles. The molecular weight excluding hydrogens is 296 g/mol. The van der Waals surface area contributed by atoms with Crippen molar-refractivity contribution in [2.75, 3.05) is 20.8 Å². The van der Waals surface area contributed by atoms with Crippen molar-refractivity contribution >= 4 is 5.97 Å². The van der Waals surface area contributed by atoms with Gasteiger partial charge in [0.2, 0.25) is 0 Å². The molecule has 0 fully saturated rings. The molecule has 0 aliphatic carbocycles. The molecule has 122 valence electrons. The summed E-state index contributed by atoms with van der Waals surface area (Å²) in [5.41, 5.74) is 1.21. The highest BCUT2D eigenvalue weighted by Crippen LogP contribution is 2.28. The standard InChI is InChI=1S/C18H20O5/c1-4-22-16-10-9-13(11-17(16)21-3)18(19)23-12-14-7-5-6-8-15(14)20-2/h5-11H,4,12H2,1-3H3. The van der Waals surface area contributed by atoms with Crippen molar-refractivity contribution in [1.29, 1.82) is 0 Å². The Morgan fingerprint density at radius 3 is 2.39 bits per heavy atom. The minimum Gasteiger partial charge on any atom is -0.496 e. The van der Waals surface area contributed by atoms with Gasteiger partial charge in [-0.15, -0.1) is 0 Å². The molecule has 0 atom stereocenters. The summed E-state index contributed by atoms with van der Waals surface area (Å²) in [4.78, 5) is 12.2. The second-order valence-corrected chi connectivity index (χ2v) is 4.69. The van der Waals surface area contributed by atoms with E-state index in [9.17, 15) is 4.79 Å². The zero-order chi connectivity index (χ0) is 16.7. The topological polar surface area (TPSA) is 54.0 Å². The molecule has 0 aliphatic rings. The van der Waals surface area contributed by atoms with E-state index in [4.69, 9.17) is 18.9 Å². The van der Waals surface area contributed by atoms with Crippen LogP contribution in [-0.2, 0) is 11.3 Å². The first-order chi connectivity index (χ1) is 11.2. The zero-order valence-corrected chi connectivity index (χ0v) is 13.5. The lowest BCUT2D eigenvalue weighted by atomic mass is 10.2. The van der Waals surface area contributed by atoms with Crippen molar-refractivity contribution in [3.05, 3.63) is 53.6 Å². The minimum atomic E-state index is -0.433. The average molecular weight is 316 g/mol. The van der Waals surface area contributed by atoms with E-state index >= 15 is 0 Å². The zero-order valence-electron chi connectivity index (χ0n) is 13.5. The lowest BCUT2D eigenvalue weighted by molar-refractivity contribution is 0.0469. The van der Waals surface area contributed by atoms with Crippen LogP contribution in [0, 0.1) is 0 Å². The molecule has 2 aromatic carbocycles. The van der Waals surface area contributed by atoms with Gasteiger partial charge in [-0.2, -0.15) is 0 Å². The summed E-state index contributed by atoms with van der Waals surface area (Å²) in [6, 6.07) is 12.4. The van der Waals surface area contributed by atoms with E-state index in [-0.39, 0.29) is 6.61 Å². The molecule has 0 saturated carbocycles. The smallest absolute Gasteiger partial charge is 0.338 e. The van der Waals surface area contributed by atoms with E-state index in [1.807, 2.05) is 31.2 Å². The van der Waals surface area contributed by atoms with Gasteiger partial charge in [-0.25, -0.2) is 4.79 Å². The van der Waals surface area contributed by atoms with Crippen molar-refractivity contribution in [3.63, 3.8) is 0 Å². The van der Waals surface area contributed by atoms with Gasteiger partial charge in [0.15, 0.2) is 11.5 Å². The maximum absolute atomic E-state index is 12.2. The molecule has 0 heterocycles. The van der Waals surface area contributed by atoms with E-state index in [1.54, 1.807) is 25.3 Å². The van der Waals surface area contributed by atoms with Crippen LogP contribution in [0.3, 0.4) is 0 Å². The number of carbonyl (C=O) groups is 1. The third-order valence-electron chi connectivity index (χ3n) is 3.25. The van der Waals surface area contributed by atoms with Gasteiger partial charge < -0.3 is 18.9 Å². The molecule has 5 heteroatoms. The Balaban J connectivity index is 2.08. The Morgan fingerprint density at radius 1 is 0.957 bits per heavy atom. The van der Waals surface area contributed by atoms with Gasteiger partial charge in [-0.3, -0.25) is 0 Å². The number of hydrogen-bond acceptors (Lipinski definition) is 5. The first kappa shape index (κ1) is 16.7. The summed E-state index contributed by atoms with van der Waals surface area (Å²) in [7, 11) is 3.11. The normalized spacial score (nSPS) is 10.0. The highest BCUT2D eigenvalue weighted by Gasteiger charge is 2.13. The van der Waals surface area contributed by atoms with Crippen LogP contribution in [0.4, 0.5) is 0 Å². The highest BCUT2D eigenvalue weighted by atomic mass is 16.5. The van der Waals surface area contributed by atoms with Crippen LogP contribution in [0.15, 0.2) is 42.5 Å². The minimum absolute atomic E-state index is 0.137. The first-order valence-electron chi connectivity index (χ1n) is 7.29. The number of benzene rings is 2. The van der Waals surface area contributed by atoms with Gasteiger partial charge in [0.25, 0.3) is 0 Å². The van der Waals surface area contributed by atoms with E-state index in [1.165, 1.54) is 7.11 Å². The molecule has 2 rings (SSSR count). The van der Waals surface area contributed by atoms with Crippen LogP contribution in [0.2, 0.25) is 0 Å². The van der Waals surface area contributed by atoms with Crippen LogP contribution in [0.1, 0.15) is 22.8 Å². The SMILES string of the molecule is CCOc1ccc(C(=O)OCc2ccccc2OC)cc1OC. The molecule has 0 unspecified atom stereocenters. The Bertz CT molecular complexity index is 666. The average Bonchev–Trinajstić information content (AvgIpc) is 2.60. The summed E-state index contributed by atoms with van der Waals surface area (Å²) < 4.78 is 21.2. The third kappa shape index (κ3) is 4.16. The lowest BCUT2D eigenvalue weighted by Gasteiger charge is -2.12. The summed E-state index contributed by atoms with van der Waals surface area (Å²) >= 11 is 0. The largest absolute Gasteiger partial charge is 0.496 e. The molecule has 2 aromatic rings. The Hall–Kier alpha value is -2.69. The Morgan fingerprint density at radius 2 is 1.70 bits per heavy atom. The predicted molar refractivity (Wildman–Crippen MR) is 86.3 cm³/mol. The van der Waals surface area contributed by atoms with Crippen LogP contribution in [0.25, 0.3) is 0 Å². The van der Waals surface area contributed by atoms with Crippen molar-refractivity contribution in [3.8, 4) is 17.2 Å². The monoisotopic (exact) mass is 316 g/mol. The Labute approximate surface area is 135 Å². The van der Waals surface area contributed by atoms with Crippen molar-refractivity contribution in [2.24, 2.45) is 0 Å². The van der Waals surface area contributed by atoms with Crippen LogP contribution < -0.4 is 14.2 Å². The fourth-order valence-electron chi connectivity index (χ4n) is 2.12. The van der Waals surface area contributed by atoms with Gasteiger partial charge in [-0.1, -0.05) is 18.2 Å². The van der Waals surface area contributed by atoms with E-state index < -0.39 is 5.97 Å². The quantitative estimate of drug-likeness (QED) is 0.732. The first-order valence-corrected chi connectivity index (χ1v) is 7.29. The lowest BCUT2D eigenvalue weighted by Crippen LogP contribution is -2.07. The number of ether oxygens (including phenoxy) is 4. The molecule has 0 amide bonds. The summed E-state index contributed by atoms with van der Waals surface area (Å²) in [5.74, 6) is 1.34. The van der Waals surface area contributed by atoms with E-state index in [0.717, 1.165) is 5.56 Å². The number of carbonyl (C=O) groups excluding carboxylic acids is 1. The number of rotatable bonds is 7. The van der Waals surface area contributed by atoms with Gasteiger partial charge in [0, 0.05) is 5.56 Å². The summed E-state index contributed by atoms with van der Waals surface area (Å²) in [6.07, 6.45) is 0. The fourth-order valence-corrected chi connectivity index (χ4v) is 2.12. The number of esters is 1. The van der Waals surface area contributed by atoms with Crippen LogP contribution in [0.5, 0.6) is 17.2 Å². The molecule has 5 nitrogen and oxygen atoms in total. The fraction of sp³-hybridized carbons (Fsp3) is 0.278. The van der Waals surface area contributed by atoms with Crippen LogP contribution >= 0.6 is 0 Å². The second-order valence-electron chi connectivity index (χ2n) is 4.69. The van der Waals surface area contributed by atoms with Gasteiger partial charge in [-0.05, 0) is 31.2 Å². The molecule has 0 spiro atoms. The molecule has 0 aromatic heterocycles. The molecule has 0 radical (unpaired) electrons. The predicted octanol–water partition coefficient (Wildman–Crippen LogP) is 3.46. The van der Waals surface area contributed by atoms with Gasteiger partial charge in [0.1, 0.15) is 12.4 Å². The van der Waals surface area contributed by atoms with E-state index in [0.29, 0.717) is 29.4 Å². The van der Waals surface area contributed by atoms with Crippen LogP contribution in [-0.4, -0.2) is 26.8 Å². The molecule has 0 bridgehead atoms. The van der Waals surface area contributed by atoms with Crippen molar-refractivity contribution in [1.82, 2.24) is 0 Å². The van der Waals surface area contributed by atoms with Crippen molar-refractivity contribution in [2.45, 2.75) is 13.5 Å². The maximum Gasteiger partial charge on any atom is 0.338 e. The summed E-state index contributed by atoms with van der Waals surface area (Å²) in [6.45, 7) is 2.54. The maximum atomic E-state index is 12.2. The van der Waals surface area contributed by atoms with Gasteiger partial charge >= 0.3 is 5.97 Å². The van der Waals surface area contributed by atoms with Gasteiger partial charge in [0.05, 0.1) is 26.4 Å². The molecule has 0 aliphatic heterocycles. The number of hydrogen-bond donors (Lipinski definition) is 0. The highest BCUT2D eigenvalue weighted by molar-refractivity contribution is 5.90. The summed E-state index contributed by atoms with van der Waals surface area (Å²) in [5, 5.41) is 0. The molecule has 23 heavy (non-hydrogen) atoms. The number of para-hydroxylation sites is 1. The Kier molecular flexibility index (Phi) is 5.86. The number of methoxy groups -OCH3 is 2. The molecular formula is C18H20O5. The molecule has 0 N–H and O–H groups in total. The second kappa shape index (κ2) is 8.08. The van der Waals surface area contributed by atoms with Crippen molar-refractivity contribution < 1.29 is 23.7 Å². The third-order valence-corrected chi connectivity index (χ3v) is 3.25.